The van der Waals surface area contributed by atoms with Crippen molar-refractivity contribution >= 4 is 11.5 Å². The van der Waals surface area contributed by atoms with Crippen LogP contribution < -0.4 is 0 Å². The van der Waals surface area contributed by atoms with E-state index in [9.17, 15) is 4.79 Å². The number of aryl methyl sites for hydroxylation is 1. The highest BCUT2D eigenvalue weighted by molar-refractivity contribution is 5.70. The molecule has 2 aromatic carbocycles. The molecule has 0 amide bonds. The Hall–Kier alpha value is -2.61. The summed E-state index contributed by atoms with van der Waals surface area (Å²) >= 11 is 0. The number of benzene rings is 2. The zero-order chi connectivity index (χ0) is 18.6. The first-order valence-electron chi connectivity index (χ1n) is 9.37. The first kappa shape index (κ1) is 19.7. The molecule has 0 fully saturated rings. The van der Waals surface area contributed by atoms with Crippen LogP contribution in [0.15, 0.2) is 72.8 Å². The zero-order valence-electron chi connectivity index (χ0n) is 15.8. The minimum absolute atomic E-state index is 0.156. The predicted molar refractivity (Wildman–Crippen MR) is 109 cm³/mol. The van der Waals surface area contributed by atoms with E-state index in [1.807, 2.05) is 30.3 Å². The second-order valence-corrected chi connectivity index (χ2v) is 6.23. The van der Waals surface area contributed by atoms with Crippen molar-refractivity contribution < 1.29 is 9.53 Å². The first-order chi connectivity index (χ1) is 12.7. The van der Waals surface area contributed by atoms with Gasteiger partial charge in [0.2, 0.25) is 0 Å². The van der Waals surface area contributed by atoms with Crippen LogP contribution >= 0.6 is 0 Å². The van der Waals surface area contributed by atoms with Gasteiger partial charge in [-0.05, 0) is 41.5 Å². The van der Waals surface area contributed by atoms with E-state index in [1.165, 1.54) is 11.1 Å². The minimum atomic E-state index is -0.156. The van der Waals surface area contributed by atoms with Gasteiger partial charge in [-0.15, -0.1) is 0 Å². The normalized spacial score (nSPS) is 11.7. The molecule has 26 heavy (non-hydrogen) atoms. The maximum Gasteiger partial charge on any atom is 0.306 e. The van der Waals surface area contributed by atoms with Gasteiger partial charge in [-0.2, -0.15) is 0 Å². The standard InChI is InChI=1S/C24H28O2/c1-3-5-7-12-22(4-2)23-16-13-20(14-17-23)15-18-24(25)26-19-21-10-8-6-9-11-21/h5-14,16-17H,3-4,15,18-19H2,1-2H3/b7-5-,22-12+. The minimum Gasteiger partial charge on any atom is -0.461 e. The van der Waals surface area contributed by atoms with E-state index in [-0.39, 0.29) is 5.97 Å². The van der Waals surface area contributed by atoms with E-state index in [2.05, 4.69) is 56.3 Å². The maximum atomic E-state index is 11.9. The highest BCUT2D eigenvalue weighted by atomic mass is 16.5. The Labute approximate surface area is 157 Å². The third kappa shape index (κ3) is 6.72. The Bertz CT molecular complexity index is 725. The van der Waals surface area contributed by atoms with E-state index >= 15 is 0 Å². The van der Waals surface area contributed by atoms with Crippen molar-refractivity contribution in [1.82, 2.24) is 0 Å². The van der Waals surface area contributed by atoms with Crippen LogP contribution in [0.5, 0.6) is 0 Å². The van der Waals surface area contributed by atoms with Gasteiger partial charge in [-0.25, -0.2) is 0 Å². The number of hydrogen-bond donors (Lipinski definition) is 0. The second-order valence-electron chi connectivity index (χ2n) is 6.23. The van der Waals surface area contributed by atoms with Crippen LogP contribution in [0, 0.1) is 0 Å². The number of rotatable bonds is 9. The molecule has 0 spiro atoms. The third-order valence-corrected chi connectivity index (χ3v) is 4.24. The van der Waals surface area contributed by atoms with Gasteiger partial charge in [0.15, 0.2) is 0 Å². The summed E-state index contributed by atoms with van der Waals surface area (Å²) < 4.78 is 5.33. The van der Waals surface area contributed by atoms with Crippen molar-refractivity contribution in [2.24, 2.45) is 0 Å². The van der Waals surface area contributed by atoms with Crippen LogP contribution in [0.3, 0.4) is 0 Å². The molecule has 2 heteroatoms. The fraction of sp³-hybridized carbons (Fsp3) is 0.292. The first-order valence-corrected chi connectivity index (χ1v) is 9.37. The Morgan fingerprint density at radius 3 is 2.35 bits per heavy atom. The Kier molecular flexibility index (Phi) is 8.41. The molecular formula is C24H28O2. The molecule has 2 rings (SSSR count). The third-order valence-electron chi connectivity index (χ3n) is 4.24. The molecule has 136 valence electrons. The molecule has 2 nitrogen and oxygen atoms in total. The van der Waals surface area contributed by atoms with Crippen molar-refractivity contribution in [3.8, 4) is 0 Å². The number of carbonyl (C=O) groups excluding carboxylic acids is 1. The Balaban J connectivity index is 1.83. The van der Waals surface area contributed by atoms with Crippen molar-refractivity contribution in [3.05, 3.63) is 89.5 Å². The largest absolute Gasteiger partial charge is 0.461 e. The summed E-state index contributed by atoms with van der Waals surface area (Å²) in [4.78, 5) is 11.9. The summed E-state index contributed by atoms with van der Waals surface area (Å²) in [6, 6.07) is 18.2. The average Bonchev–Trinajstić information content (AvgIpc) is 2.69. The SMILES string of the molecule is CC/C=C\C=C(/CC)c1ccc(CCC(=O)OCc2ccccc2)cc1. The van der Waals surface area contributed by atoms with Gasteiger partial charge >= 0.3 is 5.97 Å². The fourth-order valence-electron chi connectivity index (χ4n) is 2.68. The fourth-order valence-corrected chi connectivity index (χ4v) is 2.68. The highest BCUT2D eigenvalue weighted by Gasteiger charge is 2.05. The summed E-state index contributed by atoms with van der Waals surface area (Å²) in [6.07, 6.45) is 9.61. The van der Waals surface area contributed by atoms with Crippen molar-refractivity contribution in [3.63, 3.8) is 0 Å². The Morgan fingerprint density at radius 1 is 0.962 bits per heavy atom. The van der Waals surface area contributed by atoms with Gasteiger partial charge in [-0.3, -0.25) is 4.79 Å². The van der Waals surface area contributed by atoms with Crippen LogP contribution in [-0.4, -0.2) is 5.97 Å². The van der Waals surface area contributed by atoms with Crippen LogP contribution in [0.2, 0.25) is 0 Å². The van der Waals surface area contributed by atoms with Crippen LogP contribution in [0.1, 0.15) is 49.8 Å². The summed E-state index contributed by atoms with van der Waals surface area (Å²) in [7, 11) is 0. The van der Waals surface area contributed by atoms with Gasteiger partial charge in [0.1, 0.15) is 6.61 Å². The quantitative estimate of drug-likeness (QED) is 0.403. The lowest BCUT2D eigenvalue weighted by atomic mass is 10.00. The number of hydrogen-bond acceptors (Lipinski definition) is 2. The van der Waals surface area contributed by atoms with Gasteiger partial charge in [0.05, 0.1) is 0 Å². The molecule has 0 bridgehead atoms. The number of ether oxygens (including phenoxy) is 1. The van der Waals surface area contributed by atoms with E-state index in [0.29, 0.717) is 19.4 Å². The smallest absolute Gasteiger partial charge is 0.306 e. The van der Waals surface area contributed by atoms with Gasteiger partial charge in [0, 0.05) is 6.42 Å². The molecule has 0 N–H and O–H groups in total. The molecule has 0 aliphatic carbocycles. The second kappa shape index (κ2) is 11.1. The van der Waals surface area contributed by atoms with Gasteiger partial charge < -0.3 is 4.74 Å². The summed E-state index contributed by atoms with van der Waals surface area (Å²) in [5.41, 5.74) is 4.73. The zero-order valence-corrected chi connectivity index (χ0v) is 15.8. The highest BCUT2D eigenvalue weighted by Crippen LogP contribution is 2.19. The molecule has 0 aliphatic heterocycles. The number of allylic oxidation sites excluding steroid dienone is 4. The van der Waals surface area contributed by atoms with Gasteiger partial charge in [-0.1, -0.05) is 86.7 Å². The molecule has 0 radical (unpaired) electrons. The number of carbonyl (C=O) groups is 1. The van der Waals surface area contributed by atoms with Crippen molar-refractivity contribution in [2.45, 2.75) is 46.1 Å². The van der Waals surface area contributed by atoms with E-state index in [4.69, 9.17) is 4.74 Å². The molecular weight excluding hydrogens is 320 g/mol. The monoisotopic (exact) mass is 348 g/mol. The van der Waals surface area contributed by atoms with E-state index < -0.39 is 0 Å². The molecule has 0 unspecified atom stereocenters. The molecule has 0 heterocycles. The van der Waals surface area contributed by atoms with E-state index in [1.54, 1.807) is 0 Å². The van der Waals surface area contributed by atoms with Crippen LogP contribution in [-0.2, 0) is 22.6 Å². The van der Waals surface area contributed by atoms with Crippen LogP contribution in [0.25, 0.3) is 5.57 Å². The average molecular weight is 348 g/mol. The van der Waals surface area contributed by atoms with E-state index in [0.717, 1.165) is 24.0 Å². The van der Waals surface area contributed by atoms with Crippen molar-refractivity contribution in [2.75, 3.05) is 0 Å². The lowest BCUT2D eigenvalue weighted by Gasteiger charge is -2.07. The molecule has 0 atom stereocenters. The molecule has 0 aliphatic rings. The van der Waals surface area contributed by atoms with Crippen molar-refractivity contribution in [1.29, 1.82) is 0 Å². The Morgan fingerprint density at radius 2 is 1.69 bits per heavy atom. The molecule has 0 aromatic heterocycles. The summed E-state index contributed by atoms with van der Waals surface area (Å²) in [6.45, 7) is 4.65. The summed E-state index contributed by atoms with van der Waals surface area (Å²) in [5.74, 6) is -0.156. The lowest BCUT2D eigenvalue weighted by molar-refractivity contribution is -0.144. The number of esters is 1. The predicted octanol–water partition coefficient (Wildman–Crippen LogP) is 6.12. The molecule has 0 saturated carbocycles. The lowest BCUT2D eigenvalue weighted by Crippen LogP contribution is -2.05. The molecule has 0 saturated heterocycles. The van der Waals surface area contributed by atoms with Crippen LogP contribution in [0.4, 0.5) is 0 Å². The molecule has 2 aromatic rings. The van der Waals surface area contributed by atoms with Gasteiger partial charge in [0.25, 0.3) is 0 Å². The maximum absolute atomic E-state index is 11.9. The topological polar surface area (TPSA) is 26.3 Å². The summed E-state index contributed by atoms with van der Waals surface area (Å²) in [5, 5.41) is 0.